The molecule has 0 radical (unpaired) electrons. The predicted octanol–water partition coefficient (Wildman–Crippen LogP) is 1.48. The highest BCUT2D eigenvalue weighted by molar-refractivity contribution is 5.34. The van der Waals surface area contributed by atoms with E-state index < -0.39 is 0 Å². The first-order valence-electron chi connectivity index (χ1n) is 2.87. The van der Waals surface area contributed by atoms with E-state index in [2.05, 4.69) is 6.58 Å². The van der Waals surface area contributed by atoms with Crippen molar-refractivity contribution in [1.29, 1.82) is 5.26 Å². The molecule has 0 bridgehead atoms. The predicted molar refractivity (Wildman–Crippen MR) is 41.8 cm³/mol. The van der Waals surface area contributed by atoms with E-state index in [0.29, 0.717) is 11.3 Å². The lowest BCUT2D eigenvalue weighted by Crippen LogP contribution is -1.88. The van der Waals surface area contributed by atoms with Crippen molar-refractivity contribution in [3.05, 3.63) is 36.1 Å². The van der Waals surface area contributed by atoms with Crippen LogP contribution in [0, 0.1) is 11.3 Å². The van der Waals surface area contributed by atoms with Crippen LogP contribution >= 0.6 is 0 Å². The van der Waals surface area contributed by atoms with Crippen LogP contribution in [0.15, 0.2) is 36.1 Å². The van der Waals surface area contributed by atoms with Crippen molar-refractivity contribution in [2.45, 2.75) is 6.92 Å². The van der Waals surface area contributed by atoms with Gasteiger partial charge in [0.25, 0.3) is 0 Å². The van der Waals surface area contributed by atoms with Crippen LogP contribution in [-0.4, -0.2) is 0 Å². The Bertz CT molecular complexity index is 212. The number of hydrogen-bond acceptors (Lipinski definition) is 2. The minimum Gasteiger partial charge on any atom is -0.402 e. The highest BCUT2D eigenvalue weighted by Crippen LogP contribution is 1.93. The molecule has 0 aromatic rings. The number of nitrogens with two attached hydrogens (primary N) is 1. The fourth-order valence-electron chi connectivity index (χ4n) is 0.372. The maximum Gasteiger partial charge on any atom is 0.0991 e. The molecule has 0 spiro atoms. The van der Waals surface area contributed by atoms with Crippen LogP contribution in [0.1, 0.15) is 6.92 Å². The topological polar surface area (TPSA) is 49.8 Å². The van der Waals surface area contributed by atoms with Gasteiger partial charge in [0.05, 0.1) is 11.6 Å². The molecule has 52 valence electrons. The summed E-state index contributed by atoms with van der Waals surface area (Å²) < 4.78 is 0. The molecule has 2 heteroatoms. The third-order valence-electron chi connectivity index (χ3n) is 0.875. The Morgan fingerprint density at radius 3 is 2.50 bits per heavy atom. The Morgan fingerprint density at radius 2 is 2.20 bits per heavy atom. The Hall–Kier alpha value is -1.49. The quantitative estimate of drug-likeness (QED) is 0.459. The van der Waals surface area contributed by atoms with Gasteiger partial charge in [0.15, 0.2) is 0 Å². The second-order valence-corrected chi connectivity index (χ2v) is 1.85. The monoisotopic (exact) mass is 134 g/mol. The summed E-state index contributed by atoms with van der Waals surface area (Å²) in [5.74, 6) is 0. The van der Waals surface area contributed by atoms with Gasteiger partial charge >= 0.3 is 0 Å². The van der Waals surface area contributed by atoms with E-state index in [1.807, 2.05) is 6.07 Å². The Kier molecular flexibility index (Phi) is 3.74. The maximum absolute atomic E-state index is 8.38. The van der Waals surface area contributed by atoms with E-state index >= 15 is 0 Å². The van der Waals surface area contributed by atoms with Gasteiger partial charge in [-0.3, -0.25) is 0 Å². The molecule has 0 rings (SSSR count). The standard InChI is InChI=1S/C8H10N2/c1-3-8(6-9)5-4-7(2)10/h3-5H,1,10H2,2H3/b7-4-,8-5+. The third-order valence-corrected chi connectivity index (χ3v) is 0.875. The average molecular weight is 134 g/mol. The van der Waals surface area contributed by atoms with Gasteiger partial charge in [-0.25, -0.2) is 0 Å². The fraction of sp³-hybridized carbons (Fsp3) is 0.125. The summed E-state index contributed by atoms with van der Waals surface area (Å²) in [5.41, 5.74) is 6.52. The molecule has 0 unspecified atom stereocenters. The summed E-state index contributed by atoms with van der Waals surface area (Å²) in [4.78, 5) is 0. The van der Waals surface area contributed by atoms with E-state index in [4.69, 9.17) is 11.0 Å². The van der Waals surface area contributed by atoms with Crippen LogP contribution in [-0.2, 0) is 0 Å². The second-order valence-electron chi connectivity index (χ2n) is 1.85. The lowest BCUT2D eigenvalue weighted by molar-refractivity contribution is 1.31. The van der Waals surface area contributed by atoms with Gasteiger partial charge in [-0.15, -0.1) is 0 Å². The van der Waals surface area contributed by atoms with Crippen LogP contribution in [0.5, 0.6) is 0 Å². The van der Waals surface area contributed by atoms with Crippen molar-refractivity contribution < 1.29 is 0 Å². The molecule has 2 nitrogen and oxygen atoms in total. The van der Waals surface area contributed by atoms with E-state index in [0.717, 1.165) is 0 Å². The largest absolute Gasteiger partial charge is 0.402 e. The van der Waals surface area contributed by atoms with E-state index in [9.17, 15) is 0 Å². The van der Waals surface area contributed by atoms with Gasteiger partial charge in [-0.1, -0.05) is 12.7 Å². The zero-order chi connectivity index (χ0) is 7.98. The molecular weight excluding hydrogens is 124 g/mol. The van der Waals surface area contributed by atoms with E-state index in [1.54, 1.807) is 19.1 Å². The summed E-state index contributed by atoms with van der Waals surface area (Å²) in [6.45, 7) is 5.21. The third kappa shape index (κ3) is 3.50. The Morgan fingerprint density at radius 1 is 1.60 bits per heavy atom. The van der Waals surface area contributed by atoms with Gasteiger partial charge in [-0.2, -0.15) is 5.26 Å². The molecule has 0 aromatic carbocycles. The minimum atomic E-state index is 0.518. The van der Waals surface area contributed by atoms with Crippen molar-refractivity contribution in [3.8, 4) is 6.07 Å². The first kappa shape index (κ1) is 8.51. The summed E-state index contributed by atoms with van der Waals surface area (Å²) in [6.07, 6.45) is 4.78. The average Bonchev–Trinajstić information content (AvgIpc) is 1.90. The van der Waals surface area contributed by atoms with Gasteiger partial charge in [0, 0.05) is 5.70 Å². The smallest absolute Gasteiger partial charge is 0.0991 e. The lowest BCUT2D eigenvalue weighted by Gasteiger charge is -1.84. The van der Waals surface area contributed by atoms with Crippen molar-refractivity contribution >= 4 is 0 Å². The zero-order valence-electron chi connectivity index (χ0n) is 5.96. The molecule has 0 aromatic heterocycles. The highest BCUT2D eigenvalue weighted by Gasteiger charge is 1.81. The molecule has 0 aliphatic rings. The van der Waals surface area contributed by atoms with E-state index in [1.165, 1.54) is 6.08 Å². The van der Waals surface area contributed by atoms with Crippen molar-refractivity contribution in [3.63, 3.8) is 0 Å². The van der Waals surface area contributed by atoms with Crippen LogP contribution in [0.25, 0.3) is 0 Å². The Balaban J connectivity index is 4.31. The summed E-state index contributed by atoms with van der Waals surface area (Å²) >= 11 is 0. The second kappa shape index (κ2) is 4.39. The van der Waals surface area contributed by atoms with Crippen LogP contribution < -0.4 is 5.73 Å². The first-order valence-corrected chi connectivity index (χ1v) is 2.87. The normalized spacial score (nSPS) is 12.4. The fourth-order valence-corrected chi connectivity index (χ4v) is 0.372. The first-order chi connectivity index (χ1) is 4.70. The lowest BCUT2D eigenvalue weighted by atomic mass is 10.2. The molecule has 0 heterocycles. The molecule has 0 atom stereocenters. The summed E-state index contributed by atoms with van der Waals surface area (Å²) in [5, 5.41) is 8.38. The number of allylic oxidation sites excluding steroid dienone is 5. The summed E-state index contributed by atoms with van der Waals surface area (Å²) in [6, 6.07) is 1.95. The molecule has 10 heavy (non-hydrogen) atoms. The maximum atomic E-state index is 8.38. The van der Waals surface area contributed by atoms with Gasteiger partial charge < -0.3 is 5.73 Å². The van der Waals surface area contributed by atoms with Crippen LogP contribution in [0.3, 0.4) is 0 Å². The number of rotatable bonds is 2. The van der Waals surface area contributed by atoms with Crippen LogP contribution in [0.4, 0.5) is 0 Å². The van der Waals surface area contributed by atoms with Crippen molar-refractivity contribution in [1.82, 2.24) is 0 Å². The number of nitriles is 1. The van der Waals surface area contributed by atoms with Crippen molar-refractivity contribution in [2.24, 2.45) is 5.73 Å². The molecule has 0 saturated carbocycles. The molecule has 0 amide bonds. The molecule has 0 saturated heterocycles. The Labute approximate surface area is 61.0 Å². The van der Waals surface area contributed by atoms with Crippen LogP contribution in [0.2, 0.25) is 0 Å². The molecular formula is C8H10N2. The minimum absolute atomic E-state index is 0.518. The molecule has 0 fully saturated rings. The SMILES string of the molecule is C=C/C(C#N)=C\C=C(\C)N. The molecule has 0 aliphatic carbocycles. The number of nitrogens with zero attached hydrogens (tertiary/aromatic N) is 1. The highest BCUT2D eigenvalue weighted by atomic mass is 14.5. The zero-order valence-corrected chi connectivity index (χ0v) is 5.96. The van der Waals surface area contributed by atoms with Gasteiger partial charge in [0.2, 0.25) is 0 Å². The molecule has 2 N–H and O–H groups in total. The van der Waals surface area contributed by atoms with Gasteiger partial charge in [0.1, 0.15) is 0 Å². The summed E-state index contributed by atoms with van der Waals surface area (Å²) in [7, 11) is 0. The number of hydrogen-bond donors (Lipinski definition) is 1. The van der Waals surface area contributed by atoms with Gasteiger partial charge in [-0.05, 0) is 19.1 Å². The molecule has 0 aliphatic heterocycles. The van der Waals surface area contributed by atoms with E-state index in [-0.39, 0.29) is 0 Å². The van der Waals surface area contributed by atoms with Crippen molar-refractivity contribution in [2.75, 3.05) is 0 Å².